The van der Waals surface area contributed by atoms with Crippen molar-refractivity contribution in [2.75, 3.05) is 26.2 Å². The van der Waals surface area contributed by atoms with Crippen molar-refractivity contribution in [2.45, 2.75) is 0 Å². The zero-order valence-electron chi connectivity index (χ0n) is 10.8. The van der Waals surface area contributed by atoms with Crippen molar-refractivity contribution in [3.8, 4) is 0 Å². The van der Waals surface area contributed by atoms with E-state index in [1.54, 1.807) is 0 Å². The summed E-state index contributed by atoms with van der Waals surface area (Å²) >= 11 is 28.3. The van der Waals surface area contributed by atoms with E-state index >= 15 is 0 Å². The van der Waals surface area contributed by atoms with Gasteiger partial charge in [-0.1, -0.05) is 33.1 Å². The van der Waals surface area contributed by atoms with Gasteiger partial charge >= 0.3 is 19.5 Å². The van der Waals surface area contributed by atoms with Gasteiger partial charge in [0, 0.05) is 26.2 Å². The minimum Gasteiger partial charge on any atom is -0.412 e. The molecule has 0 aromatic rings. The molecule has 0 aromatic carbocycles. The molecule has 1 saturated heterocycles. The maximum atomic E-state index is 4.95. The maximum Gasteiger partial charge on any atom is 2.00 e. The van der Waals surface area contributed by atoms with Crippen LogP contribution >= 0.6 is 70.5 Å². The van der Waals surface area contributed by atoms with Crippen molar-refractivity contribution in [1.82, 2.24) is 21.3 Å². The summed E-state index contributed by atoms with van der Waals surface area (Å²) < 4.78 is 2.37. The summed E-state index contributed by atoms with van der Waals surface area (Å²) in [7, 11) is 2.99. The van der Waals surface area contributed by atoms with Crippen molar-refractivity contribution < 1.29 is 19.5 Å². The molecule has 0 unspecified atom stereocenters. The van der Waals surface area contributed by atoms with Crippen LogP contribution in [0.3, 0.4) is 0 Å². The number of rotatable bonds is 3. The van der Waals surface area contributed by atoms with Crippen LogP contribution in [-0.4, -0.2) is 43.5 Å². The molecule has 4 N–H and O–H groups in total. The van der Waals surface area contributed by atoms with Crippen molar-refractivity contribution in [2.24, 2.45) is 0 Å². The van der Waals surface area contributed by atoms with Crippen LogP contribution in [0.15, 0.2) is 0 Å². The van der Waals surface area contributed by atoms with Crippen LogP contribution < -0.4 is 21.3 Å². The third-order valence-electron chi connectivity index (χ3n) is 1.52. The predicted molar refractivity (Wildman–Crippen MR) is 112 cm³/mol. The minimum atomic E-state index is 0. The molecule has 1 rings (SSSR count). The smallest absolute Gasteiger partial charge is 0.412 e. The molecule has 0 aromatic heterocycles. The Morgan fingerprint density at radius 1 is 0.952 bits per heavy atom. The van der Waals surface area contributed by atoms with Crippen molar-refractivity contribution >= 4 is 113 Å². The molecular formula is C8H12N4S8Zn. The third-order valence-corrected chi connectivity index (χ3v) is 5.44. The SMILES string of the molecule is S=C([S-])NCCNC(=S)[S-].S=C1NCCNC(=S)SS1.[Zn+2]. The molecular weight excluding hydrogens is 474 g/mol. The van der Waals surface area contributed by atoms with E-state index in [2.05, 4.69) is 71.0 Å². The summed E-state index contributed by atoms with van der Waals surface area (Å²) in [6, 6.07) is 0. The van der Waals surface area contributed by atoms with Crippen LogP contribution in [0.25, 0.3) is 0 Å². The summed E-state index contributed by atoms with van der Waals surface area (Å²) in [5.74, 6) is 0. The zero-order chi connectivity index (χ0) is 15.4. The van der Waals surface area contributed by atoms with Crippen LogP contribution in [-0.2, 0) is 44.7 Å². The molecule has 4 nitrogen and oxygen atoms in total. The van der Waals surface area contributed by atoms with E-state index in [0.717, 1.165) is 21.7 Å². The summed E-state index contributed by atoms with van der Waals surface area (Å²) in [6.07, 6.45) is 0. The van der Waals surface area contributed by atoms with Gasteiger partial charge in [-0.3, -0.25) is 0 Å². The monoisotopic (exact) mass is 484 g/mol. The Hall–Kier alpha value is 1.32. The quantitative estimate of drug-likeness (QED) is 0.151. The van der Waals surface area contributed by atoms with Crippen LogP contribution in [0.1, 0.15) is 0 Å². The minimum absolute atomic E-state index is 0. The Morgan fingerprint density at radius 3 is 1.57 bits per heavy atom. The van der Waals surface area contributed by atoms with Gasteiger partial charge < -0.3 is 71.0 Å². The third kappa shape index (κ3) is 19.3. The Balaban J connectivity index is 0. The topological polar surface area (TPSA) is 48.1 Å². The number of hydrogen-bond acceptors (Lipinski definition) is 8. The second-order valence-corrected chi connectivity index (χ2v) is 8.66. The molecule has 1 fully saturated rings. The van der Waals surface area contributed by atoms with Crippen LogP contribution in [0.4, 0.5) is 0 Å². The van der Waals surface area contributed by atoms with Crippen LogP contribution in [0.5, 0.6) is 0 Å². The molecule has 1 aliphatic rings. The van der Waals surface area contributed by atoms with Gasteiger partial charge in [0.15, 0.2) is 0 Å². The number of thiocarbonyl (C=S) groups is 4. The summed E-state index contributed by atoms with van der Waals surface area (Å²) in [6.45, 7) is 3.04. The molecule has 0 aliphatic carbocycles. The van der Waals surface area contributed by atoms with E-state index < -0.39 is 0 Å². The summed E-state index contributed by atoms with van der Waals surface area (Å²) in [4.78, 5) is 0. The van der Waals surface area contributed by atoms with Gasteiger partial charge in [-0.25, -0.2) is 0 Å². The molecule has 114 valence electrons. The van der Waals surface area contributed by atoms with Crippen molar-refractivity contribution in [3.63, 3.8) is 0 Å². The first kappa shape index (κ1) is 24.6. The van der Waals surface area contributed by atoms with Gasteiger partial charge in [-0.2, -0.15) is 0 Å². The fourth-order valence-corrected chi connectivity index (χ4v) is 3.30. The van der Waals surface area contributed by atoms with Crippen molar-refractivity contribution in [3.05, 3.63) is 0 Å². The molecule has 0 spiro atoms. The average molecular weight is 486 g/mol. The zero-order valence-corrected chi connectivity index (χ0v) is 20.3. The Labute approximate surface area is 178 Å². The van der Waals surface area contributed by atoms with Gasteiger partial charge in [-0.15, -0.1) is 0 Å². The van der Waals surface area contributed by atoms with Gasteiger partial charge in [0.1, 0.15) is 8.64 Å². The molecule has 0 radical (unpaired) electrons. The second kappa shape index (κ2) is 16.2. The normalized spacial score (nSPS) is 13.7. The van der Waals surface area contributed by atoms with Gasteiger partial charge in [0.2, 0.25) is 0 Å². The largest absolute Gasteiger partial charge is 2.00 e. The number of hydrogen-bond donors (Lipinski definition) is 4. The Kier molecular flexibility index (Phi) is 18.9. The van der Waals surface area contributed by atoms with E-state index in [1.807, 2.05) is 0 Å². The summed E-state index contributed by atoms with van der Waals surface area (Å²) in [5.41, 5.74) is 0. The fraction of sp³-hybridized carbons (Fsp3) is 0.500. The van der Waals surface area contributed by atoms with Gasteiger partial charge in [0.25, 0.3) is 0 Å². The molecule has 0 atom stereocenters. The molecule has 0 bridgehead atoms. The first-order valence-electron chi connectivity index (χ1n) is 5.21. The molecule has 13 heteroatoms. The predicted octanol–water partition coefficient (Wildman–Crippen LogP) is 0.957. The van der Waals surface area contributed by atoms with E-state index in [1.165, 1.54) is 21.6 Å². The fourth-order valence-electron chi connectivity index (χ4n) is 0.793. The van der Waals surface area contributed by atoms with Crippen LogP contribution in [0.2, 0.25) is 0 Å². The number of nitrogens with one attached hydrogen (secondary N) is 4. The van der Waals surface area contributed by atoms with E-state index in [-0.39, 0.29) is 19.5 Å². The Bertz CT molecular complexity index is 332. The molecule has 0 amide bonds. The van der Waals surface area contributed by atoms with Gasteiger partial charge in [0.05, 0.1) is 0 Å². The maximum absolute atomic E-state index is 4.95. The van der Waals surface area contributed by atoms with E-state index in [0.29, 0.717) is 21.7 Å². The summed E-state index contributed by atoms with van der Waals surface area (Å²) in [5, 5.41) is 11.7. The molecule has 1 heterocycles. The van der Waals surface area contributed by atoms with E-state index in [9.17, 15) is 0 Å². The second-order valence-electron chi connectivity index (χ2n) is 3.02. The molecule has 1 aliphatic heterocycles. The molecule has 0 saturated carbocycles. The van der Waals surface area contributed by atoms with E-state index in [4.69, 9.17) is 24.4 Å². The average Bonchev–Trinajstić information content (AvgIpc) is 2.36. The first-order chi connectivity index (χ1) is 9.41. The standard InChI is InChI=1S/C4H6N2S4.C4H8N2S4.Zn/c7-3-5-1-2-6-4(8)10-9-3;7-3(8)5-1-2-6-4(9)10;/h1-2H2,(H,5,7)(H,6,8);1-2H2,(H2,5,7,8)(H2,6,9,10);/q;;+2/p-2. The van der Waals surface area contributed by atoms with Crippen molar-refractivity contribution in [1.29, 1.82) is 0 Å². The van der Waals surface area contributed by atoms with Crippen LogP contribution in [0, 0.1) is 0 Å². The first-order valence-corrected chi connectivity index (χ1v) is 9.81. The molecule has 21 heavy (non-hydrogen) atoms. The van der Waals surface area contributed by atoms with Gasteiger partial charge in [-0.05, 0) is 21.6 Å². The Morgan fingerprint density at radius 2 is 1.29 bits per heavy atom.